The molecule has 2 aromatic rings. The summed E-state index contributed by atoms with van der Waals surface area (Å²) in [4.78, 5) is 19.5. The maximum Gasteiger partial charge on any atom is 0.271 e. The van der Waals surface area contributed by atoms with E-state index in [1.165, 1.54) is 11.3 Å². The number of aromatic nitrogens is 2. The number of aryl methyl sites for hydroxylation is 1. The van der Waals surface area contributed by atoms with E-state index in [9.17, 15) is 4.79 Å². The molecule has 6 heteroatoms. The number of thiazole rings is 1. The van der Waals surface area contributed by atoms with Crippen LogP contribution in [0.4, 0.5) is 0 Å². The first-order valence-corrected chi connectivity index (χ1v) is 5.84. The molecule has 0 aliphatic heterocycles. The number of rotatable bonds is 4. The zero-order valence-corrected chi connectivity index (χ0v) is 9.58. The second-order valence-corrected chi connectivity index (χ2v) is 3.85. The van der Waals surface area contributed by atoms with Crippen molar-refractivity contribution in [3.63, 3.8) is 0 Å². The van der Waals surface area contributed by atoms with Gasteiger partial charge in [-0.2, -0.15) is 0 Å². The molecule has 84 valence electrons. The summed E-state index contributed by atoms with van der Waals surface area (Å²) < 4.78 is 5.36. The molecular weight excluding hydrogens is 226 g/mol. The van der Waals surface area contributed by atoms with Gasteiger partial charge in [-0.3, -0.25) is 4.79 Å². The summed E-state index contributed by atoms with van der Waals surface area (Å²) in [5.41, 5.74) is 2.04. The molecule has 2 rings (SSSR count). The van der Waals surface area contributed by atoms with E-state index in [2.05, 4.69) is 15.3 Å². The third-order valence-electron chi connectivity index (χ3n) is 2.02. The number of oxazole rings is 1. The predicted octanol–water partition coefficient (Wildman–Crippen LogP) is 1.62. The Kier molecular flexibility index (Phi) is 3.31. The molecule has 0 fully saturated rings. The van der Waals surface area contributed by atoms with Crippen molar-refractivity contribution in [2.45, 2.75) is 19.9 Å². The zero-order valence-electron chi connectivity index (χ0n) is 8.77. The van der Waals surface area contributed by atoms with Gasteiger partial charge in [-0.1, -0.05) is 6.92 Å². The van der Waals surface area contributed by atoms with Crippen LogP contribution in [0.2, 0.25) is 0 Å². The molecule has 0 atom stereocenters. The van der Waals surface area contributed by atoms with E-state index in [1.807, 2.05) is 6.92 Å². The van der Waals surface area contributed by atoms with Crippen LogP contribution in [-0.2, 0) is 13.0 Å². The molecule has 0 aliphatic rings. The number of hydrogen-bond acceptors (Lipinski definition) is 5. The Morgan fingerprint density at radius 1 is 1.56 bits per heavy atom. The highest BCUT2D eigenvalue weighted by Crippen LogP contribution is 2.05. The van der Waals surface area contributed by atoms with Gasteiger partial charge < -0.3 is 9.73 Å². The van der Waals surface area contributed by atoms with Gasteiger partial charge in [0.1, 0.15) is 11.5 Å². The van der Waals surface area contributed by atoms with E-state index in [-0.39, 0.29) is 12.5 Å². The number of carbonyl (C=O) groups is 1. The summed E-state index contributed by atoms with van der Waals surface area (Å²) in [7, 11) is 0. The molecule has 5 nitrogen and oxygen atoms in total. The van der Waals surface area contributed by atoms with Crippen molar-refractivity contribution in [1.82, 2.24) is 15.3 Å². The third-order valence-corrected chi connectivity index (χ3v) is 2.60. The van der Waals surface area contributed by atoms with Crippen molar-refractivity contribution < 1.29 is 9.21 Å². The highest BCUT2D eigenvalue weighted by atomic mass is 32.1. The van der Waals surface area contributed by atoms with Crippen LogP contribution < -0.4 is 5.32 Å². The summed E-state index contributed by atoms with van der Waals surface area (Å²) in [6.07, 6.45) is 2.47. The number of amides is 1. The van der Waals surface area contributed by atoms with Gasteiger partial charge in [0.2, 0.25) is 5.89 Å². The molecule has 2 heterocycles. The number of nitrogens with one attached hydrogen (secondary N) is 1. The number of hydrogen-bond donors (Lipinski definition) is 1. The van der Waals surface area contributed by atoms with Crippen molar-refractivity contribution in [3.8, 4) is 0 Å². The minimum Gasteiger partial charge on any atom is -0.444 e. The second kappa shape index (κ2) is 4.89. The first kappa shape index (κ1) is 10.8. The lowest BCUT2D eigenvalue weighted by Crippen LogP contribution is -2.23. The fourth-order valence-electron chi connectivity index (χ4n) is 1.16. The number of nitrogens with zero attached hydrogens (tertiary/aromatic N) is 2. The molecule has 16 heavy (non-hydrogen) atoms. The van der Waals surface area contributed by atoms with Gasteiger partial charge in [0.25, 0.3) is 5.91 Å². The summed E-state index contributed by atoms with van der Waals surface area (Å²) in [6.45, 7) is 2.27. The summed E-state index contributed by atoms with van der Waals surface area (Å²) in [6, 6.07) is 0. The Bertz CT molecular complexity index is 464. The lowest BCUT2D eigenvalue weighted by Gasteiger charge is -1.98. The Hall–Kier alpha value is -1.69. The van der Waals surface area contributed by atoms with Crippen molar-refractivity contribution in [2.24, 2.45) is 0 Å². The molecule has 0 saturated carbocycles. The van der Waals surface area contributed by atoms with Gasteiger partial charge in [-0.25, -0.2) is 9.97 Å². The maximum atomic E-state index is 11.5. The molecule has 0 unspecified atom stereocenters. The minimum absolute atomic E-state index is 0.211. The van der Waals surface area contributed by atoms with Crippen LogP contribution in [0.5, 0.6) is 0 Å². The molecule has 0 saturated heterocycles. The maximum absolute atomic E-state index is 11.5. The van der Waals surface area contributed by atoms with Gasteiger partial charge in [0.05, 0.1) is 18.3 Å². The monoisotopic (exact) mass is 237 g/mol. The standard InChI is InChI=1S/C10H11N3O2S/c1-2-7-3-11-9(15-7)4-12-10(14)8-5-16-6-13-8/h3,5-6H,2,4H2,1H3,(H,12,14). The van der Waals surface area contributed by atoms with Crippen LogP contribution in [-0.4, -0.2) is 15.9 Å². The lowest BCUT2D eigenvalue weighted by molar-refractivity contribution is 0.0943. The second-order valence-electron chi connectivity index (χ2n) is 3.13. The molecule has 1 amide bonds. The third kappa shape index (κ3) is 2.46. The average molecular weight is 237 g/mol. The molecule has 0 bridgehead atoms. The SMILES string of the molecule is CCc1cnc(CNC(=O)c2cscn2)o1. The highest BCUT2D eigenvalue weighted by Gasteiger charge is 2.08. The van der Waals surface area contributed by atoms with Crippen LogP contribution in [0.1, 0.15) is 29.1 Å². The van der Waals surface area contributed by atoms with Crippen LogP contribution in [0.25, 0.3) is 0 Å². The fraction of sp³-hybridized carbons (Fsp3) is 0.300. The topological polar surface area (TPSA) is 68.0 Å². The van der Waals surface area contributed by atoms with Gasteiger partial charge >= 0.3 is 0 Å². The summed E-state index contributed by atoms with van der Waals surface area (Å²) in [5.74, 6) is 1.12. The summed E-state index contributed by atoms with van der Waals surface area (Å²) >= 11 is 1.39. The molecule has 0 aromatic carbocycles. The Morgan fingerprint density at radius 3 is 3.06 bits per heavy atom. The van der Waals surface area contributed by atoms with E-state index >= 15 is 0 Å². The van der Waals surface area contributed by atoms with E-state index in [4.69, 9.17) is 4.42 Å². The van der Waals surface area contributed by atoms with E-state index in [0.717, 1.165) is 12.2 Å². The van der Waals surface area contributed by atoms with E-state index in [1.54, 1.807) is 17.1 Å². The van der Waals surface area contributed by atoms with Crippen molar-refractivity contribution in [3.05, 3.63) is 34.4 Å². The molecule has 0 aliphatic carbocycles. The normalized spacial score (nSPS) is 10.3. The molecule has 2 aromatic heterocycles. The van der Waals surface area contributed by atoms with Crippen LogP contribution in [0.15, 0.2) is 21.5 Å². The Balaban J connectivity index is 1.90. The van der Waals surface area contributed by atoms with E-state index < -0.39 is 0 Å². The first-order chi connectivity index (χ1) is 7.79. The molecule has 0 radical (unpaired) electrons. The van der Waals surface area contributed by atoms with Gasteiger partial charge in [-0.05, 0) is 0 Å². The molecule has 0 spiro atoms. The number of carbonyl (C=O) groups excluding carboxylic acids is 1. The molecule has 1 N–H and O–H groups in total. The first-order valence-electron chi connectivity index (χ1n) is 4.89. The lowest BCUT2D eigenvalue weighted by atomic mass is 10.4. The predicted molar refractivity (Wildman–Crippen MR) is 59.2 cm³/mol. The van der Waals surface area contributed by atoms with Crippen LogP contribution >= 0.6 is 11.3 Å². The Morgan fingerprint density at radius 2 is 2.44 bits per heavy atom. The van der Waals surface area contributed by atoms with Crippen molar-refractivity contribution in [2.75, 3.05) is 0 Å². The highest BCUT2D eigenvalue weighted by molar-refractivity contribution is 7.07. The Labute approximate surface area is 96.5 Å². The smallest absolute Gasteiger partial charge is 0.271 e. The minimum atomic E-state index is -0.211. The van der Waals surface area contributed by atoms with E-state index in [0.29, 0.717) is 11.6 Å². The van der Waals surface area contributed by atoms with Gasteiger partial charge in [0, 0.05) is 11.8 Å². The largest absolute Gasteiger partial charge is 0.444 e. The van der Waals surface area contributed by atoms with Crippen molar-refractivity contribution in [1.29, 1.82) is 0 Å². The van der Waals surface area contributed by atoms with Crippen LogP contribution in [0.3, 0.4) is 0 Å². The molecular formula is C10H11N3O2S. The summed E-state index contributed by atoms with van der Waals surface area (Å²) in [5, 5.41) is 4.38. The van der Waals surface area contributed by atoms with Gasteiger partial charge in [-0.15, -0.1) is 11.3 Å². The average Bonchev–Trinajstić information content (AvgIpc) is 2.96. The quantitative estimate of drug-likeness (QED) is 0.877. The van der Waals surface area contributed by atoms with Crippen LogP contribution in [0, 0.1) is 0 Å². The fourth-order valence-corrected chi connectivity index (χ4v) is 1.70. The zero-order chi connectivity index (χ0) is 11.4. The van der Waals surface area contributed by atoms with Gasteiger partial charge in [0.15, 0.2) is 0 Å². The van der Waals surface area contributed by atoms with Crippen molar-refractivity contribution >= 4 is 17.2 Å².